The zero-order valence-electron chi connectivity index (χ0n) is 18.1. The van der Waals surface area contributed by atoms with Crippen LogP contribution < -0.4 is 9.62 Å². The van der Waals surface area contributed by atoms with Gasteiger partial charge in [0.25, 0.3) is 0 Å². The van der Waals surface area contributed by atoms with E-state index in [-0.39, 0.29) is 17.0 Å². The number of hydrogen-bond donors (Lipinski definition) is 3. The number of nitrogens with one attached hydrogen (secondary N) is 2. The van der Waals surface area contributed by atoms with E-state index in [1.165, 1.54) is 23.4 Å². The lowest BCUT2D eigenvalue weighted by Crippen LogP contribution is -2.58. The number of aromatic amines is 1. The maximum atomic E-state index is 12.8. The van der Waals surface area contributed by atoms with Crippen LogP contribution >= 0.6 is 0 Å². The minimum absolute atomic E-state index is 0.0645. The minimum Gasteiger partial charge on any atom is -0.465 e. The number of nitriles is 1. The molecule has 0 bridgehead atoms. The van der Waals surface area contributed by atoms with Crippen LogP contribution in [0.5, 0.6) is 0 Å². The van der Waals surface area contributed by atoms with Gasteiger partial charge in [-0.05, 0) is 38.8 Å². The summed E-state index contributed by atoms with van der Waals surface area (Å²) >= 11 is 0. The summed E-state index contributed by atoms with van der Waals surface area (Å²) in [5.41, 5.74) is 0.146. The second kappa shape index (κ2) is 7.29. The van der Waals surface area contributed by atoms with Gasteiger partial charge >= 0.3 is 6.09 Å². The third kappa shape index (κ3) is 3.53. The first-order chi connectivity index (χ1) is 15.6. The lowest BCUT2D eigenvalue weighted by atomic mass is 10.1. The van der Waals surface area contributed by atoms with Crippen molar-refractivity contribution in [1.29, 1.82) is 5.26 Å². The third-order valence-electron chi connectivity index (χ3n) is 6.45. The fraction of sp³-hybridized carbons (Fsp3) is 0.429. The molecule has 3 heterocycles. The summed E-state index contributed by atoms with van der Waals surface area (Å²) in [4.78, 5) is 27.1. The number of amides is 1. The molecular formula is C21H23N7O4S. The number of aromatic nitrogens is 3. The van der Waals surface area contributed by atoms with Gasteiger partial charge in [-0.15, -0.1) is 0 Å². The van der Waals surface area contributed by atoms with Crippen molar-refractivity contribution in [3.63, 3.8) is 0 Å². The summed E-state index contributed by atoms with van der Waals surface area (Å²) in [7, 11) is -3.86. The molecule has 11 nitrogen and oxygen atoms in total. The van der Waals surface area contributed by atoms with Crippen molar-refractivity contribution in [2.45, 2.75) is 49.2 Å². The molecule has 12 heteroatoms. The first-order valence-corrected chi connectivity index (χ1v) is 12.1. The second-order valence-corrected chi connectivity index (χ2v) is 10.5. The van der Waals surface area contributed by atoms with Gasteiger partial charge in [0.05, 0.1) is 16.4 Å². The van der Waals surface area contributed by atoms with Crippen LogP contribution in [-0.4, -0.2) is 70.2 Å². The highest BCUT2D eigenvalue weighted by Crippen LogP contribution is 2.37. The number of anilines is 1. The van der Waals surface area contributed by atoms with E-state index in [9.17, 15) is 23.6 Å². The highest BCUT2D eigenvalue weighted by molar-refractivity contribution is 7.89. The summed E-state index contributed by atoms with van der Waals surface area (Å²) < 4.78 is 28.1. The number of carboxylic acid groups (broad SMARTS) is 1. The second-order valence-electron chi connectivity index (χ2n) is 8.84. The summed E-state index contributed by atoms with van der Waals surface area (Å²) in [6.07, 6.45) is 1.50. The Balaban J connectivity index is 1.56. The van der Waals surface area contributed by atoms with Crippen LogP contribution in [0.1, 0.15) is 26.7 Å². The van der Waals surface area contributed by atoms with Gasteiger partial charge in [0, 0.05) is 36.1 Å². The SMILES string of the molecule is CC1CN(c2ncnc3[nH]c4cc(S(=O)(=O)NC5(C#N)CC5)ccc4c23)C(C)CN1C(=O)O. The Bertz CT molecular complexity index is 1420. The van der Waals surface area contributed by atoms with Gasteiger partial charge in [-0.1, -0.05) is 6.07 Å². The molecule has 2 fully saturated rings. The molecule has 0 radical (unpaired) electrons. The molecule has 172 valence electrons. The summed E-state index contributed by atoms with van der Waals surface area (Å²) in [5.74, 6) is 0.672. The molecule has 1 aliphatic carbocycles. The fourth-order valence-corrected chi connectivity index (χ4v) is 5.84. The first kappa shape index (κ1) is 21.4. The largest absolute Gasteiger partial charge is 0.465 e. The Morgan fingerprint density at radius 2 is 2.03 bits per heavy atom. The molecular weight excluding hydrogens is 446 g/mol. The van der Waals surface area contributed by atoms with Gasteiger partial charge in [0.2, 0.25) is 10.0 Å². The maximum absolute atomic E-state index is 12.8. The number of H-pyrrole nitrogens is 1. The fourth-order valence-electron chi connectivity index (χ4n) is 4.44. The van der Waals surface area contributed by atoms with Crippen LogP contribution in [-0.2, 0) is 10.0 Å². The van der Waals surface area contributed by atoms with Crippen LogP contribution in [0.25, 0.3) is 21.9 Å². The number of fused-ring (bicyclic) bond motifs is 3. The quantitative estimate of drug-likeness (QED) is 0.524. The average molecular weight is 470 g/mol. The molecule has 0 spiro atoms. The highest BCUT2D eigenvalue weighted by atomic mass is 32.2. The zero-order chi connectivity index (χ0) is 23.5. The van der Waals surface area contributed by atoms with Gasteiger partial charge in [0.15, 0.2) is 0 Å². The Morgan fingerprint density at radius 3 is 2.70 bits per heavy atom. The van der Waals surface area contributed by atoms with E-state index < -0.39 is 21.7 Å². The van der Waals surface area contributed by atoms with E-state index in [1.807, 2.05) is 19.9 Å². The van der Waals surface area contributed by atoms with Crippen molar-refractivity contribution < 1.29 is 18.3 Å². The van der Waals surface area contributed by atoms with Crippen molar-refractivity contribution >= 4 is 43.9 Å². The Hall–Kier alpha value is -3.43. The number of nitrogens with zero attached hydrogens (tertiary/aromatic N) is 5. The molecule has 33 heavy (non-hydrogen) atoms. The van der Waals surface area contributed by atoms with E-state index >= 15 is 0 Å². The molecule has 2 aliphatic rings. The van der Waals surface area contributed by atoms with Crippen molar-refractivity contribution in [3.05, 3.63) is 24.5 Å². The van der Waals surface area contributed by atoms with E-state index in [2.05, 4.69) is 24.6 Å². The van der Waals surface area contributed by atoms with Crippen LogP contribution in [0.2, 0.25) is 0 Å². The molecule has 3 aromatic rings. The molecule has 1 saturated carbocycles. The summed E-state index contributed by atoms with van der Waals surface area (Å²) in [5, 5.41) is 20.2. The van der Waals surface area contributed by atoms with Gasteiger partial charge in [-0.2, -0.15) is 9.98 Å². The molecule has 2 atom stereocenters. The molecule has 1 amide bonds. The smallest absolute Gasteiger partial charge is 0.407 e. The van der Waals surface area contributed by atoms with Crippen LogP contribution in [0.15, 0.2) is 29.4 Å². The lowest BCUT2D eigenvalue weighted by molar-refractivity contribution is 0.114. The van der Waals surface area contributed by atoms with Crippen LogP contribution in [0, 0.1) is 11.3 Å². The zero-order valence-corrected chi connectivity index (χ0v) is 18.9. The first-order valence-electron chi connectivity index (χ1n) is 10.6. The van der Waals surface area contributed by atoms with E-state index in [4.69, 9.17) is 0 Å². The number of hydrogen-bond acceptors (Lipinski definition) is 7. The minimum atomic E-state index is -3.86. The Labute approximate surface area is 190 Å². The number of carbonyl (C=O) groups is 1. The number of benzene rings is 1. The molecule has 3 N–H and O–H groups in total. The molecule has 2 unspecified atom stereocenters. The standard InChI is InChI=1S/C21H23N7O4S/c1-12-9-28(20(29)30)13(2)8-27(12)19-17-15-4-3-14(7-16(15)25-18(17)23-11-24-19)33(31,32)26-21(10-22)5-6-21/h3-4,7,11-13,26H,5-6,8-9H2,1-2H3,(H,29,30)(H,23,24,25). The molecule has 1 saturated heterocycles. The van der Waals surface area contributed by atoms with Crippen molar-refractivity contribution in [1.82, 2.24) is 24.6 Å². The van der Waals surface area contributed by atoms with Crippen molar-refractivity contribution in [2.24, 2.45) is 0 Å². The molecule has 5 rings (SSSR count). The van der Waals surface area contributed by atoms with Gasteiger partial charge < -0.3 is 19.9 Å². The number of rotatable bonds is 4. The van der Waals surface area contributed by atoms with E-state index in [0.717, 1.165) is 10.8 Å². The lowest BCUT2D eigenvalue weighted by Gasteiger charge is -2.43. The highest BCUT2D eigenvalue weighted by Gasteiger charge is 2.46. The van der Waals surface area contributed by atoms with E-state index in [0.29, 0.717) is 42.9 Å². The molecule has 1 aliphatic heterocycles. The maximum Gasteiger partial charge on any atom is 0.407 e. The normalized spacial score (nSPS) is 22.5. The molecule has 1 aromatic carbocycles. The van der Waals surface area contributed by atoms with Gasteiger partial charge in [-0.3, -0.25) is 0 Å². The van der Waals surface area contributed by atoms with Gasteiger partial charge in [-0.25, -0.2) is 23.2 Å². The monoisotopic (exact) mass is 469 g/mol. The predicted octanol–water partition coefficient (Wildman–Crippen LogP) is 2.02. The average Bonchev–Trinajstić information content (AvgIpc) is 3.43. The summed E-state index contributed by atoms with van der Waals surface area (Å²) in [6.45, 7) is 4.63. The van der Waals surface area contributed by atoms with Gasteiger partial charge in [0.1, 0.15) is 23.3 Å². The van der Waals surface area contributed by atoms with Crippen LogP contribution in [0.3, 0.4) is 0 Å². The van der Waals surface area contributed by atoms with E-state index in [1.54, 1.807) is 6.07 Å². The topological polar surface area (TPSA) is 155 Å². The Kier molecular flexibility index (Phi) is 4.73. The number of piperazine rings is 1. The van der Waals surface area contributed by atoms with Crippen LogP contribution in [0.4, 0.5) is 10.6 Å². The van der Waals surface area contributed by atoms with Crippen molar-refractivity contribution in [3.8, 4) is 6.07 Å². The summed E-state index contributed by atoms with van der Waals surface area (Å²) in [6, 6.07) is 6.47. The Morgan fingerprint density at radius 1 is 1.27 bits per heavy atom. The number of sulfonamides is 1. The predicted molar refractivity (Wildman–Crippen MR) is 120 cm³/mol. The molecule has 2 aromatic heterocycles. The third-order valence-corrected chi connectivity index (χ3v) is 7.98. The van der Waals surface area contributed by atoms with Crippen molar-refractivity contribution in [2.75, 3.05) is 18.0 Å².